The lowest BCUT2D eigenvalue weighted by Gasteiger charge is -2.37. The first-order valence-electron chi connectivity index (χ1n) is 7.58. The third-order valence-electron chi connectivity index (χ3n) is 4.24. The van der Waals surface area contributed by atoms with Crippen LogP contribution in [0.3, 0.4) is 0 Å². The number of nitrogens with zero attached hydrogens (tertiary/aromatic N) is 3. The van der Waals surface area contributed by atoms with Crippen LogP contribution in [0.25, 0.3) is 0 Å². The maximum Gasteiger partial charge on any atom is 0.0397 e. The summed E-state index contributed by atoms with van der Waals surface area (Å²) in [6.07, 6.45) is 10.3. The summed E-state index contributed by atoms with van der Waals surface area (Å²) >= 11 is 0. The van der Waals surface area contributed by atoms with Gasteiger partial charge in [0.05, 0.1) is 0 Å². The van der Waals surface area contributed by atoms with Gasteiger partial charge in [-0.1, -0.05) is 6.42 Å². The number of nitrogens with one attached hydrogen (secondary N) is 1. The molecular formula is C15H24N4. The summed E-state index contributed by atoms with van der Waals surface area (Å²) in [6.45, 7) is 4.75. The predicted octanol–water partition coefficient (Wildman–Crippen LogP) is 2.04. The number of hydrazine groups is 1. The highest BCUT2D eigenvalue weighted by Gasteiger charge is 2.21. The first-order valence-corrected chi connectivity index (χ1v) is 7.58. The third kappa shape index (κ3) is 3.45. The monoisotopic (exact) mass is 260 g/mol. The largest absolute Gasteiger partial charge is 0.371 e. The highest BCUT2D eigenvalue weighted by molar-refractivity contribution is 5.44. The molecule has 0 radical (unpaired) electrons. The molecule has 104 valence electrons. The molecule has 0 atom stereocenters. The van der Waals surface area contributed by atoms with Gasteiger partial charge in [-0.3, -0.25) is 10.4 Å². The molecule has 0 unspecified atom stereocenters. The molecule has 1 aromatic heterocycles. The maximum absolute atomic E-state index is 4.09. The van der Waals surface area contributed by atoms with Gasteiger partial charge in [-0.05, 0) is 37.8 Å². The predicted molar refractivity (Wildman–Crippen MR) is 78.0 cm³/mol. The van der Waals surface area contributed by atoms with Crippen LogP contribution in [0.5, 0.6) is 0 Å². The Morgan fingerprint density at radius 1 is 0.947 bits per heavy atom. The van der Waals surface area contributed by atoms with Crippen LogP contribution in [-0.2, 0) is 0 Å². The molecule has 0 saturated carbocycles. The Morgan fingerprint density at radius 2 is 1.63 bits per heavy atom. The molecule has 1 N–H and O–H groups in total. The van der Waals surface area contributed by atoms with Crippen molar-refractivity contribution in [2.75, 3.05) is 31.1 Å². The molecule has 2 aliphatic rings. The summed E-state index contributed by atoms with van der Waals surface area (Å²) in [5.74, 6) is 0. The van der Waals surface area contributed by atoms with Crippen molar-refractivity contribution in [2.24, 2.45) is 0 Å². The van der Waals surface area contributed by atoms with Crippen LogP contribution in [-0.4, -0.2) is 42.2 Å². The lowest BCUT2D eigenvalue weighted by molar-refractivity contribution is 0.119. The average molecular weight is 260 g/mol. The Kier molecular flexibility index (Phi) is 4.30. The van der Waals surface area contributed by atoms with Crippen LogP contribution in [0.4, 0.5) is 5.69 Å². The van der Waals surface area contributed by atoms with E-state index < -0.39 is 0 Å². The number of aromatic nitrogens is 1. The zero-order chi connectivity index (χ0) is 12.9. The van der Waals surface area contributed by atoms with Crippen LogP contribution in [0, 0.1) is 0 Å². The van der Waals surface area contributed by atoms with Gasteiger partial charge in [-0.25, -0.2) is 5.01 Å². The second-order valence-electron chi connectivity index (χ2n) is 5.64. The smallest absolute Gasteiger partial charge is 0.0397 e. The van der Waals surface area contributed by atoms with Gasteiger partial charge >= 0.3 is 0 Å². The van der Waals surface area contributed by atoms with Gasteiger partial charge in [0.25, 0.3) is 0 Å². The highest BCUT2D eigenvalue weighted by atomic mass is 15.5. The fraction of sp³-hybridized carbons (Fsp3) is 0.667. The van der Waals surface area contributed by atoms with E-state index in [0.29, 0.717) is 6.04 Å². The molecule has 4 heteroatoms. The molecule has 3 heterocycles. The van der Waals surface area contributed by atoms with Gasteiger partial charge in [-0.2, -0.15) is 0 Å². The van der Waals surface area contributed by atoms with E-state index in [1.165, 1.54) is 50.9 Å². The van der Waals surface area contributed by atoms with Crippen molar-refractivity contribution in [1.82, 2.24) is 15.4 Å². The summed E-state index contributed by atoms with van der Waals surface area (Å²) in [4.78, 5) is 6.56. The van der Waals surface area contributed by atoms with Gasteiger partial charge in [0, 0.05) is 50.3 Å². The molecule has 0 aromatic carbocycles. The molecule has 3 rings (SSSR count). The minimum Gasteiger partial charge on any atom is -0.371 e. The van der Waals surface area contributed by atoms with Crippen LogP contribution in [0.15, 0.2) is 24.5 Å². The van der Waals surface area contributed by atoms with Crippen molar-refractivity contribution in [3.8, 4) is 0 Å². The fourth-order valence-electron chi connectivity index (χ4n) is 3.10. The van der Waals surface area contributed by atoms with E-state index in [4.69, 9.17) is 0 Å². The Bertz CT molecular complexity index is 367. The van der Waals surface area contributed by atoms with Crippen LogP contribution in [0.1, 0.15) is 32.1 Å². The number of rotatable bonds is 3. The van der Waals surface area contributed by atoms with E-state index in [9.17, 15) is 0 Å². The van der Waals surface area contributed by atoms with E-state index in [2.05, 4.69) is 32.5 Å². The van der Waals surface area contributed by atoms with Crippen molar-refractivity contribution in [2.45, 2.75) is 38.1 Å². The topological polar surface area (TPSA) is 31.4 Å². The van der Waals surface area contributed by atoms with Crippen molar-refractivity contribution < 1.29 is 0 Å². The molecule has 2 aliphatic heterocycles. The molecule has 0 bridgehead atoms. The van der Waals surface area contributed by atoms with Gasteiger partial charge in [0.15, 0.2) is 0 Å². The second-order valence-corrected chi connectivity index (χ2v) is 5.64. The summed E-state index contributed by atoms with van der Waals surface area (Å²) in [5.41, 5.74) is 5.04. The lowest BCUT2D eigenvalue weighted by Crippen LogP contribution is -2.51. The number of hydrogen-bond acceptors (Lipinski definition) is 4. The standard InChI is InChI=1S/C15H24N4/c1-2-10-19(11-3-1)17-14-6-12-18(13-7-14)15-4-8-16-9-5-15/h4-5,8-9,14,17H,1-3,6-7,10-13H2. The Hall–Kier alpha value is -1.13. The quantitative estimate of drug-likeness (QED) is 0.901. The Morgan fingerprint density at radius 3 is 2.32 bits per heavy atom. The SMILES string of the molecule is c1cc(N2CCC(NN3CCCCC3)CC2)ccn1. The van der Waals surface area contributed by atoms with E-state index in [1.807, 2.05) is 12.4 Å². The number of piperidine rings is 2. The van der Waals surface area contributed by atoms with Crippen LogP contribution >= 0.6 is 0 Å². The average Bonchev–Trinajstić information content (AvgIpc) is 2.50. The number of pyridine rings is 1. The maximum atomic E-state index is 4.09. The Balaban J connectivity index is 1.46. The minimum absolute atomic E-state index is 0.663. The minimum atomic E-state index is 0.663. The van der Waals surface area contributed by atoms with Crippen molar-refractivity contribution in [3.63, 3.8) is 0 Å². The van der Waals surface area contributed by atoms with Crippen LogP contribution < -0.4 is 10.3 Å². The van der Waals surface area contributed by atoms with E-state index >= 15 is 0 Å². The molecule has 0 spiro atoms. The molecule has 1 aromatic rings. The van der Waals surface area contributed by atoms with E-state index in [0.717, 1.165) is 13.1 Å². The van der Waals surface area contributed by atoms with Gasteiger partial charge in [0.1, 0.15) is 0 Å². The zero-order valence-electron chi connectivity index (χ0n) is 11.6. The summed E-state index contributed by atoms with van der Waals surface area (Å²) < 4.78 is 0. The van der Waals surface area contributed by atoms with E-state index in [-0.39, 0.29) is 0 Å². The first-order chi connectivity index (χ1) is 9.42. The second kappa shape index (κ2) is 6.35. The molecule has 2 saturated heterocycles. The molecular weight excluding hydrogens is 236 g/mol. The van der Waals surface area contributed by atoms with Gasteiger partial charge in [0.2, 0.25) is 0 Å². The molecule has 0 amide bonds. The lowest BCUT2D eigenvalue weighted by atomic mass is 10.0. The normalized spacial score (nSPS) is 22.6. The Labute approximate surface area is 115 Å². The van der Waals surface area contributed by atoms with Crippen LogP contribution in [0.2, 0.25) is 0 Å². The number of anilines is 1. The molecule has 0 aliphatic carbocycles. The molecule has 19 heavy (non-hydrogen) atoms. The van der Waals surface area contributed by atoms with Gasteiger partial charge in [-0.15, -0.1) is 0 Å². The third-order valence-corrected chi connectivity index (χ3v) is 4.24. The summed E-state index contributed by atoms with van der Waals surface area (Å²) in [5, 5.41) is 2.44. The van der Waals surface area contributed by atoms with Crippen molar-refractivity contribution >= 4 is 5.69 Å². The fourth-order valence-corrected chi connectivity index (χ4v) is 3.10. The van der Waals surface area contributed by atoms with Crippen molar-refractivity contribution in [3.05, 3.63) is 24.5 Å². The first kappa shape index (κ1) is 12.9. The summed E-state index contributed by atoms with van der Waals surface area (Å²) in [7, 11) is 0. The van der Waals surface area contributed by atoms with Gasteiger partial charge < -0.3 is 4.90 Å². The molecule has 2 fully saturated rings. The highest BCUT2D eigenvalue weighted by Crippen LogP contribution is 2.19. The number of hydrogen-bond donors (Lipinski definition) is 1. The molecule has 4 nitrogen and oxygen atoms in total. The van der Waals surface area contributed by atoms with E-state index in [1.54, 1.807) is 0 Å². The summed E-state index contributed by atoms with van der Waals surface area (Å²) in [6, 6.07) is 4.88. The van der Waals surface area contributed by atoms with Crippen molar-refractivity contribution in [1.29, 1.82) is 0 Å². The zero-order valence-corrected chi connectivity index (χ0v) is 11.6.